The second-order valence-corrected chi connectivity index (χ2v) is 7.20. The maximum absolute atomic E-state index is 11.9. The minimum atomic E-state index is -3.25. The average molecular weight is 349 g/mol. The van der Waals surface area contributed by atoms with E-state index in [0.29, 0.717) is 12.1 Å². The Morgan fingerprint density at radius 2 is 2.00 bits per heavy atom. The standard InChI is InChI=1S/C13H21BrN2O2S/c1-3-15-8-4-5-9-19(17,18)16-13-7-6-12(14)10-11(13)2/h6-7,10,15-16H,3-5,8-9H2,1-2H3. The van der Waals surface area contributed by atoms with Crippen molar-refractivity contribution in [1.82, 2.24) is 5.32 Å². The highest BCUT2D eigenvalue weighted by Gasteiger charge is 2.11. The molecule has 0 saturated carbocycles. The monoisotopic (exact) mass is 348 g/mol. The number of hydrogen-bond donors (Lipinski definition) is 2. The molecule has 1 rings (SSSR count). The molecule has 0 atom stereocenters. The number of anilines is 1. The summed E-state index contributed by atoms with van der Waals surface area (Å²) in [7, 11) is -3.25. The molecule has 0 heterocycles. The summed E-state index contributed by atoms with van der Waals surface area (Å²) < 4.78 is 27.4. The maximum Gasteiger partial charge on any atom is 0.232 e. The van der Waals surface area contributed by atoms with Crippen molar-refractivity contribution in [3.05, 3.63) is 28.2 Å². The molecule has 0 aliphatic heterocycles. The fraction of sp³-hybridized carbons (Fsp3) is 0.538. The van der Waals surface area contributed by atoms with Crippen LogP contribution in [-0.2, 0) is 10.0 Å². The predicted octanol–water partition coefficient (Wildman–Crippen LogP) is 2.89. The number of halogens is 1. The molecule has 4 nitrogen and oxygen atoms in total. The summed E-state index contributed by atoms with van der Waals surface area (Å²) in [4.78, 5) is 0. The third-order valence-corrected chi connectivity index (χ3v) is 4.57. The van der Waals surface area contributed by atoms with Gasteiger partial charge in [-0.05, 0) is 56.6 Å². The SMILES string of the molecule is CCNCCCCS(=O)(=O)Nc1ccc(Br)cc1C. The number of aryl methyl sites for hydroxylation is 1. The van der Waals surface area contributed by atoms with Gasteiger partial charge in [0.05, 0.1) is 11.4 Å². The predicted molar refractivity (Wildman–Crippen MR) is 84.1 cm³/mol. The summed E-state index contributed by atoms with van der Waals surface area (Å²) in [5.41, 5.74) is 1.56. The molecular weight excluding hydrogens is 328 g/mol. The zero-order valence-electron chi connectivity index (χ0n) is 11.4. The Kier molecular flexibility index (Phi) is 6.82. The lowest BCUT2D eigenvalue weighted by atomic mass is 10.2. The highest BCUT2D eigenvalue weighted by atomic mass is 79.9. The molecule has 0 aliphatic carbocycles. The lowest BCUT2D eigenvalue weighted by Crippen LogP contribution is -2.19. The first-order valence-electron chi connectivity index (χ1n) is 6.42. The quantitative estimate of drug-likeness (QED) is 0.710. The van der Waals surface area contributed by atoms with Crippen LogP contribution in [-0.4, -0.2) is 27.3 Å². The molecule has 0 amide bonds. The van der Waals surface area contributed by atoms with Gasteiger partial charge in [-0.15, -0.1) is 0 Å². The largest absolute Gasteiger partial charge is 0.317 e. The first-order valence-corrected chi connectivity index (χ1v) is 8.86. The van der Waals surface area contributed by atoms with Crippen molar-refractivity contribution in [1.29, 1.82) is 0 Å². The number of unbranched alkanes of at least 4 members (excludes halogenated alkanes) is 1. The summed E-state index contributed by atoms with van der Waals surface area (Å²) >= 11 is 3.36. The van der Waals surface area contributed by atoms with E-state index < -0.39 is 10.0 Å². The molecule has 108 valence electrons. The van der Waals surface area contributed by atoms with Gasteiger partial charge >= 0.3 is 0 Å². The van der Waals surface area contributed by atoms with Crippen LogP contribution in [0, 0.1) is 6.92 Å². The van der Waals surface area contributed by atoms with Gasteiger partial charge in [0.15, 0.2) is 0 Å². The van der Waals surface area contributed by atoms with Crippen LogP contribution >= 0.6 is 15.9 Å². The molecule has 0 aromatic heterocycles. The maximum atomic E-state index is 11.9. The number of nitrogens with one attached hydrogen (secondary N) is 2. The van der Waals surface area contributed by atoms with Crippen molar-refractivity contribution < 1.29 is 8.42 Å². The summed E-state index contributed by atoms with van der Waals surface area (Å²) in [5, 5.41) is 3.18. The molecule has 0 spiro atoms. The van der Waals surface area contributed by atoms with E-state index in [2.05, 4.69) is 26.0 Å². The van der Waals surface area contributed by atoms with Crippen molar-refractivity contribution in [3.63, 3.8) is 0 Å². The van der Waals surface area contributed by atoms with Crippen LogP contribution in [0.1, 0.15) is 25.3 Å². The zero-order valence-corrected chi connectivity index (χ0v) is 13.8. The fourth-order valence-electron chi connectivity index (χ4n) is 1.68. The van der Waals surface area contributed by atoms with E-state index in [4.69, 9.17) is 0 Å². The first-order chi connectivity index (χ1) is 8.94. The van der Waals surface area contributed by atoms with Gasteiger partial charge in [-0.25, -0.2) is 8.42 Å². The summed E-state index contributed by atoms with van der Waals surface area (Å²) in [6, 6.07) is 5.49. The van der Waals surface area contributed by atoms with Crippen LogP contribution in [0.4, 0.5) is 5.69 Å². The lowest BCUT2D eigenvalue weighted by molar-refractivity contribution is 0.593. The average Bonchev–Trinajstić information content (AvgIpc) is 2.32. The van der Waals surface area contributed by atoms with Gasteiger partial charge in [-0.2, -0.15) is 0 Å². The van der Waals surface area contributed by atoms with E-state index in [1.165, 1.54) is 0 Å². The number of hydrogen-bond acceptors (Lipinski definition) is 3. The zero-order chi connectivity index (χ0) is 14.3. The van der Waals surface area contributed by atoms with Crippen LogP contribution in [0.3, 0.4) is 0 Å². The Morgan fingerprint density at radius 3 is 2.63 bits per heavy atom. The van der Waals surface area contributed by atoms with Gasteiger partial charge in [0.2, 0.25) is 10.0 Å². The van der Waals surface area contributed by atoms with Gasteiger partial charge in [-0.1, -0.05) is 22.9 Å². The molecule has 0 aliphatic rings. The normalized spacial score (nSPS) is 11.5. The molecule has 19 heavy (non-hydrogen) atoms. The van der Waals surface area contributed by atoms with Gasteiger partial charge in [0.1, 0.15) is 0 Å². The van der Waals surface area contributed by atoms with Crippen LogP contribution in [0.5, 0.6) is 0 Å². The van der Waals surface area contributed by atoms with Crippen LogP contribution in [0.15, 0.2) is 22.7 Å². The van der Waals surface area contributed by atoms with Crippen molar-refractivity contribution >= 4 is 31.6 Å². The molecule has 2 N–H and O–H groups in total. The Hall–Kier alpha value is -0.590. The minimum Gasteiger partial charge on any atom is -0.317 e. The summed E-state index contributed by atoms with van der Waals surface area (Å²) in [5.74, 6) is 0.161. The van der Waals surface area contributed by atoms with Crippen LogP contribution in [0.2, 0.25) is 0 Å². The smallest absolute Gasteiger partial charge is 0.232 e. The second-order valence-electron chi connectivity index (χ2n) is 4.44. The Balaban J connectivity index is 2.50. The topological polar surface area (TPSA) is 58.2 Å². The molecule has 0 fully saturated rings. The van der Waals surface area contributed by atoms with E-state index in [0.717, 1.165) is 29.5 Å². The second kappa shape index (κ2) is 7.87. The van der Waals surface area contributed by atoms with Gasteiger partial charge in [0, 0.05) is 4.47 Å². The van der Waals surface area contributed by atoms with E-state index in [1.54, 1.807) is 6.07 Å². The molecule has 6 heteroatoms. The molecule has 1 aromatic carbocycles. The highest BCUT2D eigenvalue weighted by Crippen LogP contribution is 2.21. The molecule has 0 radical (unpaired) electrons. The number of benzene rings is 1. The fourth-order valence-corrected chi connectivity index (χ4v) is 3.40. The van der Waals surface area contributed by atoms with Crippen molar-refractivity contribution in [2.24, 2.45) is 0 Å². The Morgan fingerprint density at radius 1 is 1.26 bits per heavy atom. The lowest BCUT2D eigenvalue weighted by Gasteiger charge is -2.10. The number of rotatable bonds is 8. The van der Waals surface area contributed by atoms with Gasteiger partial charge < -0.3 is 5.32 Å². The van der Waals surface area contributed by atoms with E-state index in [9.17, 15) is 8.42 Å². The van der Waals surface area contributed by atoms with E-state index >= 15 is 0 Å². The van der Waals surface area contributed by atoms with E-state index in [-0.39, 0.29) is 5.75 Å². The summed E-state index contributed by atoms with van der Waals surface area (Å²) in [6.07, 6.45) is 1.53. The molecule has 1 aromatic rings. The molecule has 0 saturated heterocycles. The molecule has 0 bridgehead atoms. The van der Waals surface area contributed by atoms with Crippen LogP contribution in [0.25, 0.3) is 0 Å². The summed E-state index contributed by atoms with van der Waals surface area (Å²) in [6.45, 7) is 5.70. The molecular formula is C13H21BrN2O2S. The van der Waals surface area contributed by atoms with Crippen molar-refractivity contribution in [2.75, 3.05) is 23.6 Å². The molecule has 0 unspecified atom stereocenters. The Bertz CT molecular complexity index is 503. The minimum absolute atomic E-state index is 0.161. The van der Waals surface area contributed by atoms with Crippen molar-refractivity contribution in [2.45, 2.75) is 26.7 Å². The van der Waals surface area contributed by atoms with Crippen molar-refractivity contribution in [3.8, 4) is 0 Å². The Labute approximate surface area is 124 Å². The number of sulfonamides is 1. The van der Waals surface area contributed by atoms with Gasteiger partial charge in [-0.3, -0.25) is 4.72 Å². The third-order valence-electron chi connectivity index (χ3n) is 2.72. The van der Waals surface area contributed by atoms with Crippen LogP contribution < -0.4 is 10.0 Å². The van der Waals surface area contributed by atoms with E-state index in [1.807, 2.05) is 26.0 Å². The third kappa shape index (κ3) is 6.40. The first kappa shape index (κ1) is 16.5. The highest BCUT2D eigenvalue weighted by molar-refractivity contribution is 9.10. The van der Waals surface area contributed by atoms with Gasteiger partial charge in [0.25, 0.3) is 0 Å².